The summed E-state index contributed by atoms with van der Waals surface area (Å²) in [5, 5.41) is 0. The highest BCUT2D eigenvalue weighted by Gasteiger charge is 2.40. The summed E-state index contributed by atoms with van der Waals surface area (Å²) in [6, 6.07) is 0. The molecule has 2 atom stereocenters. The van der Waals surface area contributed by atoms with Gasteiger partial charge in [0, 0.05) is 12.2 Å². The third kappa shape index (κ3) is 2.80. The highest BCUT2D eigenvalue weighted by atomic mass is 16.5. The first-order valence-electron chi connectivity index (χ1n) is 7.76. The molecule has 0 aliphatic heterocycles. The van der Waals surface area contributed by atoms with Gasteiger partial charge in [0.25, 0.3) is 5.56 Å². The zero-order valence-corrected chi connectivity index (χ0v) is 13.1. The van der Waals surface area contributed by atoms with E-state index in [-0.39, 0.29) is 5.56 Å². The summed E-state index contributed by atoms with van der Waals surface area (Å²) in [6.45, 7) is 8.78. The number of hydrogen-bond donors (Lipinski definition) is 1. The average molecular weight is 278 g/mol. The molecule has 0 bridgehead atoms. The lowest BCUT2D eigenvalue weighted by Gasteiger charge is -2.39. The van der Waals surface area contributed by atoms with Gasteiger partial charge in [0.05, 0.1) is 5.69 Å². The topological polar surface area (TPSA) is 55.0 Å². The predicted octanol–water partition coefficient (Wildman–Crippen LogP) is 3.08. The number of nitrogens with zero attached hydrogens (tertiary/aromatic N) is 1. The Kier molecular flexibility index (Phi) is 4.63. The third-order valence-corrected chi connectivity index (χ3v) is 4.39. The van der Waals surface area contributed by atoms with Gasteiger partial charge in [-0.1, -0.05) is 20.3 Å². The van der Waals surface area contributed by atoms with E-state index in [2.05, 4.69) is 11.9 Å². The Labute approximate surface area is 121 Å². The standard InChI is InChI=1S/C16H26N2O2/c1-5-13-12(4)14(19)18-15(17-13)16(20-6-2)9-7-8-11(3)10-16/h11H,5-10H2,1-4H3,(H,17,18,19). The van der Waals surface area contributed by atoms with Gasteiger partial charge in [0.15, 0.2) is 0 Å². The van der Waals surface area contributed by atoms with Gasteiger partial charge in [0.1, 0.15) is 11.4 Å². The fourth-order valence-corrected chi connectivity index (χ4v) is 3.33. The number of ether oxygens (including phenoxy) is 1. The highest BCUT2D eigenvalue weighted by Crippen LogP contribution is 2.41. The Balaban J connectivity index is 2.49. The van der Waals surface area contributed by atoms with E-state index in [0.29, 0.717) is 12.5 Å². The molecule has 1 aromatic rings. The summed E-state index contributed by atoms with van der Waals surface area (Å²) in [5.41, 5.74) is 1.19. The fourth-order valence-electron chi connectivity index (χ4n) is 3.33. The summed E-state index contributed by atoms with van der Waals surface area (Å²) in [5.74, 6) is 1.34. The van der Waals surface area contributed by atoms with Crippen LogP contribution >= 0.6 is 0 Å². The van der Waals surface area contributed by atoms with Crippen LogP contribution in [0.3, 0.4) is 0 Å². The monoisotopic (exact) mass is 278 g/mol. The second-order valence-corrected chi connectivity index (χ2v) is 5.97. The molecule has 1 aromatic heterocycles. The normalized spacial score (nSPS) is 26.7. The molecule has 1 aliphatic carbocycles. The predicted molar refractivity (Wildman–Crippen MR) is 79.9 cm³/mol. The van der Waals surface area contributed by atoms with Crippen molar-refractivity contribution in [2.45, 2.75) is 65.4 Å². The van der Waals surface area contributed by atoms with E-state index in [1.807, 2.05) is 20.8 Å². The largest absolute Gasteiger partial charge is 0.367 e. The number of nitrogens with one attached hydrogen (secondary N) is 1. The quantitative estimate of drug-likeness (QED) is 0.920. The molecule has 1 fully saturated rings. The van der Waals surface area contributed by atoms with E-state index in [9.17, 15) is 4.79 Å². The minimum Gasteiger partial charge on any atom is -0.367 e. The van der Waals surface area contributed by atoms with Gasteiger partial charge in [-0.3, -0.25) is 4.79 Å². The molecule has 4 nitrogen and oxygen atoms in total. The first-order valence-corrected chi connectivity index (χ1v) is 7.76. The maximum atomic E-state index is 12.1. The highest BCUT2D eigenvalue weighted by molar-refractivity contribution is 5.19. The molecule has 0 saturated heterocycles. The molecule has 20 heavy (non-hydrogen) atoms. The van der Waals surface area contributed by atoms with Gasteiger partial charge in [-0.25, -0.2) is 4.98 Å². The molecule has 0 spiro atoms. The van der Waals surface area contributed by atoms with Gasteiger partial charge < -0.3 is 9.72 Å². The molecule has 1 saturated carbocycles. The number of rotatable bonds is 4. The van der Waals surface area contributed by atoms with E-state index in [4.69, 9.17) is 9.72 Å². The number of hydrogen-bond acceptors (Lipinski definition) is 3. The Morgan fingerprint density at radius 3 is 2.80 bits per heavy atom. The van der Waals surface area contributed by atoms with Crippen molar-refractivity contribution in [2.24, 2.45) is 5.92 Å². The molecular weight excluding hydrogens is 252 g/mol. The van der Waals surface area contributed by atoms with E-state index in [0.717, 1.165) is 42.8 Å². The Bertz CT molecular complexity index is 520. The van der Waals surface area contributed by atoms with Crippen LogP contribution in [0.25, 0.3) is 0 Å². The van der Waals surface area contributed by atoms with Gasteiger partial charge in [-0.05, 0) is 45.4 Å². The molecule has 0 radical (unpaired) electrons. The first-order chi connectivity index (χ1) is 9.52. The second-order valence-electron chi connectivity index (χ2n) is 5.97. The number of aromatic amines is 1. The molecule has 1 heterocycles. The van der Waals surface area contributed by atoms with Gasteiger partial charge in [0.2, 0.25) is 0 Å². The van der Waals surface area contributed by atoms with Gasteiger partial charge in [-0.15, -0.1) is 0 Å². The molecule has 4 heteroatoms. The summed E-state index contributed by atoms with van der Waals surface area (Å²) < 4.78 is 6.09. The SMILES string of the molecule is CCOC1(c2nc(CC)c(C)c(=O)[nH]2)CCCC(C)C1. The summed E-state index contributed by atoms with van der Waals surface area (Å²) >= 11 is 0. The van der Waals surface area contributed by atoms with Crippen LogP contribution < -0.4 is 5.56 Å². The van der Waals surface area contributed by atoms with Crippen LogP contribution in [-0.2, 0) is 16.8 Å². The number of H-pyrrole nitrogens is 1. The lowest BCUT2D eigenvalue weighted by molar-refractivity contribution is -0.0883. The lowest BCUT2D eigenvalue weighted by atomic mass is 9.78. The molecule has 1 N–H and O–H groups in total. The zero-order valence-electron chi connectivity index (χ0n) is 13.1. The minimum atomic E-state index is -0.400. The first kappa shape index (κ1) is 15.2. The van der Waals surface area contributed by atoms with E-state index >= 15 is 0 Å². The van der Waals surface area contributed by atoms with E-state index in [1.165, 1.54) is 6.42 Å². The lowest BCUT2D eigenvalue weighted by Crippen LogP contribution is -2.39. The third-order valence-electron chi connectivity index (χ3n) is 4.39. The van der Waals surface area contributed by atoms with E-state index < -0.39 is 5.60 Å². The average Bonchev–Trinajstić information content (AvgIpc) is 2.42. The van der Waals surface area contributed by atoms with Crippen molar-refractivity contribution in [3.8, 4) is 0 Å². The Morgan fingerprint density at radius 2 is 2.20 bits per heavy atom. The molecule has 2 unspecified atom stereocenters. The molecule has 1 aliphatic rings. The summed E-state index contributed by atoms with van der Waals surface area (Å²) in [4.78, 5) is 19.8. The van der Waals surface area contributed by atoms with Crippen molar-refractivity contribution < 1.29 is 4.74 Å². The van der Waals surface area contributed by atoms with Crippen molar-refractivity contribution in [3.63, 3.8) is 0 Å². The van der Waals surface area contributed by atoms with Crippen molar-refractivity contribution in [1.29, 1.82) is 0 Å². The van der Waals surface area contributed by atoms with E-state index in [1.54, 1.807) is 0 Å². The molecule has 2 rings (SSSR count). The van der Waals surface area contributed by atoms with Crippen molar-refractivity contribution in [1.82, 2.24) is 9.97 Å². The number of aryl methyl sites for hydroxylation is 1. The van der Waals surface area contributed by atoms with Crippen LogP contribution in [0.5, 0.6) is 0 Å². The van der Waals surface area contributed by atoms with Crippen LogP contribution in [0.2, 0.25) is 0 Å². The summed E-state index contributed by atoms with van der Waals surface area (Å²) in [7, 11) is 0. The van der Waals surface area contributed by atoms with Crippen molar-refractivity contribution in [3.05, 3.63) is 27.4 Å². The minimum absolute atomic E-state index is 0.0239. The maximum absolute atomic E-state index is 12.1. The van der Waals surface area contributed by atoms with Gasteiger partial charge in [-0.2, -0.15) is 0 Å². The molecule has 112 valence electrons. The Morgan fingerprint density at radius 1 is 1.45 bits per heavy atom. The fraction of sp³-hybridized carbons (Fsp3) is 0.750. The zero-order chi connectivity index (χ0) is 14.8. The second kappa shape index (κ2) is 6.08. The van der Waals surface area contributed by atoms with Crippen molar-refractivity contribution in [2.75, 3.05) is 6.61 Å². The summed E-state index contributed by atoms with van der Waals surface area (Å²) in [6.07, 6.45) is 5.02. The maximum Gasteiger partial charge on any atom is 0.254 e. The van der Waals surface area contributed by atoms with Crippen molar-refractivity contribution >= 4 is 0 Å². The smallest absolute Gasteiger partial charge is 0.254 e. The van der Waals surface area contributed by atoms with Crippen LogP contribution in [0.1, 0.15) is 63.5 Å². The molecular formula is C16H26N2O2. The molecule has 0 amide bonds. The Hall–Kier alpha value is -1.16. The van der Waals surface area contributed by atoms with Crippen LogP contribution in [0.15, 0.2) is 4.79 Å². The van der Waals surface area contributed by atoms with Crippen LogP contribution in [-0.4, -0.2) is 16.6 Å². The molecule has 0 aromatic carbocycles. The van der Waals surface area contributed by atoms with Gasteiger partial charge >= 0.3 is 0 Å². The number of aromatic nitrogens is 2. The van der Waals surface area contributed by atoms with Crippen LogP contribution in [0.4, 0.5) is 0 Å². The van der Waals surface area contributed by atoms with Crippen LogP contribution in [0, 0.1) is 12.8 Å².